The lowest BCUT2D eigenvalue weighted by atomic mass is 10.2. The van der Waals surface area contributed by atoms with E-state index in [4.69, 9.17) is 9.84 Å². The van der Waals surface area contributed by atoms with Crippen LogP contribution in [0, 0.1) is 0 Å². The maximum atomic E-state index is 11.8. The molecule has 0 spiro atoms. The van der Waals surface area contributed by atoms with Gasteiger partial charge in [-0.2, -0.15) is 0 Å². The fourth-order valence-electron chi connectivity index (χ4n) is 1.60. The summed E-state index contributed by atoms with van der Waals surface area (Å²) in [5.41, 5.74) is 0.500. The van der Waals surface area contributed by atoms with Gasteiger partial charge in [-0.05, 0) is 24.6 Å². The van der Waals surface area contributed by atoms with E-state index in [1.807, 2.05) is 6.92 Å². The van der Waals surface area contributed by atoms with Gasteiger partial charge in [0.05, 0.1) is 18.2 Å². The minimum absolute atomic E-state index is 0.0916. The number of carbonyl (C=O) groups excluding carboxylic acids is 1. The van der Waals surface area contributed by atoms with E-state index in [1.165, 1.54) is 12.1 Å². The van der Waals surface area contributed by atoms with Crippen LogP contribution in [0.5, 0.6) is 0 Å². The molecule has 20 heavy (non-hydrogen) atoms. The fraction of sp³-hybridized carbons (Fsp3) is 0.385. The highest BCUT2D eigenvalue weighted by molar-refractivity contribution is 9.10. The van der Waals surface area contributed by atoms with E-state index in [9.17, 15) is 9.59 Å². The summed E-state index contributed by atoms with van der Waals surface area (Å²) in [6.07, 6.45) is 0.736. The molecule has 6 nitrogen and oxygen atoms in total. The van der Waals surface area contributed by atoms with Crippen LogP contribution in [0.1, 0.15) is 23.7 Å². The average molecular weight is 345 g/mol. The van der Waals surface area contributed by atoms with Gasteiger partial charge < -0.3 is 20.5 Å². The van der Waals surface area contributed by atoms with Crippen LogP contribution >= 0.6 is 15.9 Å². The number of carboxylic acid groups (broad SMARTS) is 1. The number of rotatable bonds is 6. The van der Waals surface area contributed by atoms with Crippen molar-refractivity contribution >= 4 is 33.6 Å². The topological polar surface area (TPSA) is 87.7 Å². The number of benzene rings is 1. The monoisotopic (exact) mass is 344 g/mol. The van der Waals surface area contributed by atoms with Gasteiger partial charge in [-0.1, -0.05) is 22.9 Å². The Morgan fingerprint density at radius 1 is 1.40 bits per heavy atom. The van der Waals surface area contributed by atoms with Crippen LogP contribution in [0.4, 0.5) is 10.5 Å². The van der Waals surface area contributed by atoms with Crippen molar-refractivity contribution in [3.05, 3.63) is 28.2 Å². The predicted octanol–water partition coefficient (Wildman–Crippen LogP) is 2.69. The Hall–Kier alpha value is -1.60. The SMILES string of the molecule is CCC(COC)NC(=O)Nc1cc(Br)cc(C(=O)O)c1. The number of methoxy groups -OCH3 is 1. The van der Waals surface area contributed by atoms with Crippen molar-refractivity contribution in [2.75, 3.05) is 19.0 Å². The van der Waals surface area contributed by atoms with Crippen LogP contribution < -0.4 is 10.6 Å². The smallest absolute Gasteiger partial charge is 0.335 e. The number of hydrogen-bond acceptors (Lipinski definition) is 3. The summed E-state index contributed by atoms with van der Waals surface area (Å²) in [6, 6.07) is 3.99. The molecule has 0 aliphatic rings. The van der Waals surface area contributed by atoms with Crippen LogP contribution in [0.25, 0.3) is 0 Å². The number of nitrogens with one attached hydrogen (secondary N) is 2. The molecule has 0 aliphatic heterocycles. The van der Waals surface area contributed by atoms with Crippen molar-refractivity contribution in [3.8, 4) is 0 Å². The second-order valence-corrected chi connectivity index (χ2v) is 5.11. The Balaban J connectivity index is 2.72. The third-order valence-corrected chi connectivity index (χ3v) is 3.06. The van der Waals surface area contributed by atoms with E-state index in [0.29, 0.717) is 16.8 Å². The van der Waals surface area contributed by atoms with E-state index in [0.717, 1.165) is 6.42 Å². The predicted molar refractivity (Wildman–Crippen MR) is 79.2 cm³/mol. The van der Waals surface area contributed by atoms with Crippen molar-refractivity contribution in [2.24, 2.45) is 0 Å². The van der Waals surface area contributed by atoms with Gasteiger partial charge in [0.2, 0.25) is 0 Å². The first-order chi connectivity index (χ1) is 9.46. The summed E-state index contributed by atoms with van der Waals surface area (Å²) in [6.45, 7) is 2.36. The molecule has 0 heterocycles. The van der Waals surface area contributed by atoms with Gasteiger partial charge in [0.15, 0.2) is 0 Å². The second-order valence-electron chi connectivity index (χ2n) is 4.19. The first kappa shape index (κ1) is 16.5. The molecule has 7 heteroatoms. The summed E-state index contributed by atoms with van der Waals surface area (Å²) in [4.78, 5) is 22.7. The lowest BCUT2D eigenvalue weighted by Crippen LogP contribution is -2.40. The maximum absolute atomic E-state index is 11.8. The lowest BCUT2D eigenvalue weighted by Gasteiger charge is -2.16. The zero-order chi connectivity index (χ0) is 15.1. The summed E-state index contributed by atoms with van der Waals surface area (Å²) in [5, 5.41) is 14.3. The van der Waals surface area contributed by atoms with Crippen LogP contribution in [0.15, 0.2) is 22.7 Å². The van der Waals surface area contributed by atoms with Crippen molar-refractivity contribution in [3.63, 3.8) is 0 Å². The Morgan fingerprint density at radius 3 is 2.65 bits per heavy atom. The third kappa shape index (κ3) is 5.18. The first-order valence-electron chi connectivity index (χ1n) is 6.06. The molecule has 0 saturated carbocycles. The molecule has 110 valence electrons. The zero-order valence-corrected chi connectivity index (χ0v) is 12.9. The molecular formula is C13H17BrN2O4. The van der Waals surface area contributed by atoms with E-state index >= 15 is 0 Å². The number of anilines is 1. The van der Waals surface area contributed by atoms with Gasteiger partial charge in [-0.25, -0.2) is 9.59 Å². The number of halogens is 1. The van der Waals surface area contributed by atoms with Crippen LogP contribution in [-0.4, -0.2) is 36.9 Å². The van der Waals surface area contributed by atoms with Crippen molar-refractivity contribution in [1.82, 2.24) is 5.32 Å². The summed E-state index contributed by atoms with van der Waals surface area (Å²) >= 11 is 3.21. The number of amides is 2. The summed E-state index contributed by atoms with van der Waals surface area (Å²) < 4.78 is 5.57. The van der Waals surface area contributed by atoms with Gasteiger partial charge in [-0.15, -0.1) is 0 Å². The van der Waals surface area contributed by atoms with Crippen molar-refractivity contribution in [2.45, 2.75) is 19.4 Å². The quantitative estimate of drug-likeness (QED) is 0.740. The van der Waals surface area contributed by atoms with Gasteiger partial charge in [0, 0.05) is 17.3 Å². The number of urea groups is 1. The number of carbonyl (C=O) groups is 2. The van der Waals surface area contributed by atoms with E-state index in [-0.39, 0.29) is 11.6 Å². The van der Waals surface area contributed by atoms with Gasteiger partial charge in [-0.3, -0.25) is 0 Å². The molecule has 0 saturated heterocycles. The number of carboxylic acids is 1. The third-order valence-electron chi connectivity index (χ3n) is 2.60. The second kappa shape index (κ2) is 7.86. The highest BCUT2D eigenvalue weighted by atomic mass is 79.9. The summed E-state index contributed by atoms with van der Waals surface area (Å²) in [5.74, 6) is -1.06. The molecule has 1 atom stereocenters. The maximum Gasteiger partial charge on any atom is 0.335 e. The number of hydrogen-bond donors (Lipinski definition) is 3. The standard InChI is InChI=1S/C13H17BrN2O4/c1-3-10(7-20-2)15-13(19)16-11-5-8(12(17)18)4-9(14)6-11/h4-6,10H,3,7H2,1-2H3,(H,17,18)(H2,15,16,19). The van der Waals surface area contributed by atoms with Crippen LogP contribution in [0.3, 0.4) is 0 Å². The first-order valence-corrected chi connectivity index (χ1v) is 6.86. The Bertz CT molecular complexity index is 493. The molecule has 1 unspecified atom stereocenters. The largest absolute Gasteiger partial charge is 0.478 e. The Kier molecular flexibility index (Phi) is 6.47. The molecule has 1 aromatic rings. The molecule has 0 radical (unpaired) electrons. The molecule has 0 aliphatic carbocycles. The molecular weight excluding hydrogens is 328 g/mol. The van der Waals surface area contributed by atoms with Crippen molar-refractivity contribution < 1.29 is 19.4 Å². The molecule has 1 aromatic carbocycles. The summed E-state index contributed by atoms with van der Waals surface area (Å²) in [7, 11) is 1.57. The van der Waals surface area contributed by atoms with Gasteiger partial charge in [0.25, 0.3) is 0 Å². The highest BCUT2D eigenvalue weighted by Gasteiger charge is 2.12. The van der Waals surface area contributed by atoms with Gasteiger partial charge >= 0.3 is 12.0 Å². The Labute approximate surface area is 125 Å². The van der Waals surface area contributed by atoms with Gasteiger partial charge in [0.1, 0.15) is 0 Å². The van der Waals surface area contributed by atoms with Crippen LogP contribution in [-0.2, 0) is 4.74 Å². The van der Waals surface area contributed by atoms with E-state index < -0.39 is 12.0 Å². The molecule has 0 fully saturated rings. The minimum atomic E-state index is -1.06. The molecule has 3 N–H and O–H groups in total. The number of ether oxygens (including phenoxy) is 1. The normalized spacial score (nSPS) is 11.8. The number of aromatic carboxylic acids is 1. The van der Waals surface area contributed by atoms with Crippen LogP contribution in [0.2, 0.25) is 0 Å². The molecule has 0 bridgehead atoms. The van der Waals surface area contributed by atoms with Crippen molar-refractivity contribution in [1.29, 1.82) is 0 Å². The lowest BCUT2D eigenvalue weighted by molar-refractivity contribution is 0.0697. The highest BCUT2D eigenvalue weighted by Crippen LogP contribution is 2.19. The Morgan fingerprint density at radius 2 is 2.10 bits per heavy atom. The zero-order valence-electron chi connectivity index (χ0n) is 11.3. The average Bonchev–Trinajstić information content (AvgIpc) is 2.37. The van der Waals surface area contributed by atoms with E-state index in [2.05, 4.69) is 26.6 Å². The fourth-order valence-corrected chi connectivity index (χ4v) is 2.09. The van der Waals surface area contributed by atoms with E-state index in [1.54, 1.807) is 13.2 Å². The molecule has 1 rings (SSSR count). The molecule has 2 amide bonds. The minimum Gasteiger partial charge on any atom is -0.478 e. The molecule has 0 aromatic heterocycles.